The molecule has 0 aliphatic rings. The van der Waals surface area contributed by atoms with Crippen LogP contribution in [0.25, 0.3) is 0 Å². The molecule has 5 nitrogen and oxygen atoms in total. The number of hydrogen-bond acceptors (Lipinski definition) is 5. The van der Waals surface area contributed by atoms with Crippen molar-refractivity contribution in [3.8, 4) is 0 Å². The first-order chi connectivity index (χ1) is 9.17. The Labute approximate surface area is 118 Å². The average molecular weight is 277 g/mol. The summed E-state index contributed by atoms with van der Waals surface area (Å²) in [7, 11) is 2.06. The summed E-state index contributed by atoms with van der Waals surface area (Å²) in [4.78, 5) is 2.18. The molecule has 0 saturated heterocycles. The fourth-order valence-electron chi connectivity index (χ4n) is 1.78. The highest BCUT2D eigenvalue weighted by molar-refractivity contribution is 4.57. The molecule has 0 unspecified atom stereocenters. The first kappa shape index (κ1) is 18.8. The fourth-order valence-corrected chi connectivity index (χ4v) is 1.78. The molecule has 0 aromatic rings. The normalized spacial score (nSPS) is 12.0. The maximum absolute atomic E-state index is 5.53. The number of ether oxygens (including phenoxy) is 4. The third-order valence-corrected chi connectivity index (χ3v) is 2.62. The molecular weight excluding hydrogens is 246 g/mol. The lowest BCUT2D eigenvalue weighted by atomic mass is 10.3. The largest absolute Gasteiger partial charge is 0.353 e. The standard InChI is InChI=1S/C14H31NO4/c1-6-16-13(17-7-2)10-11-15(5)12-14(18-8-3)19-9-4/h13-14H,6-12H2,1-5H3. The summed E-state index contributed by atoms with van der Waals surface area (Å²) in [5.74, 6) is 0. The Kier molecular flexibility index (Phi) is 12.7. The maximum atomic E-state index is 5.53. The Morgan fingerprint density at radius 2 is 1.16 bits per heavy atom. The maximum Gasteiger partial charge on any atom is 0.170 e. The van der Waals surface area contributed by atoms with Gasteiger partial charge in [0.1, 0.15) is 0 Å². The predicted octanol–water partition coefficient (Wildman–Crippen LogP) is 2.11. The number of nitrogens with zero attached hydrogens (tertiary/aromatic N) is 1. The van der Waals surface area contributed by atoms with E-state index in [1.807, 2.05) is 27.7 Å². The number of likely N-dealkylation sites (N-methyl/N-ethyl adjacent to an activating group) is 1. The third-order valence-electron chi connectivity index (χ3n) is 2.62. The summed E-state index contributed by atoms with van der Waals surface area (Å²) >= 11 is 0. The SMILES string of the molecule is CCOC(CCN(C)CC(OCC)OCC)OCC. The molecule has 19 heavy (non-hydrogen) atoms. The Morgan fingerprint density at radius 1 is 0.737 bits per heavy atom. The molecule has 0 spiro atoms. The second-order valence-electron chi connectivity index (χ2n) is 4.23. The summed E-state index contributed by atoms with van der Waals surface area (Å²) in [5.41, 5.74) is 0. The van der Waals surface area contributed by atoms with Gasteiger partial charge < -0.3 is 23.8 Å². The zero-order valence-electron chi connectivity index (χ0n) is 13.2. The van der Waals surface area contributed by atoms with Gasteiger partial charge in [-0.05, 0) is 34.7 Å². The molecule has 0 aromatic heterocycles. The van der Waals surface area contributed by atoms with Crippen LogP contribution in [0.4, 0.5) is 0 Å². The van der Waals surface area contributed by atoms with E-state index in [0.29, 0.717) is 26.4 Å². The topological polar surface area (TPSA) is 40.2 Å². The molecule has 0 rings (SSSR count). The van der Waals surface area contributed by atoms with Gasteiger partial charge in [-0.2, -0.15) is 0 Å². The van der Waals surface area contributed by atoms with Crippen molar-refractivity contribution < 1.29 is 18.9 Å². The highest BCUT2D eigenvalue weighted by Crippen LogP contribution is 2.04. The van der Waals surface area contributed by atoms with Crippen molar-refractivity contribution in [2.45, 2.75) is 46.7 Å². The second-order valence-corrected chi connectivity index (χ2v) is 4.23. The molecule has 5 heteroatoms. The van der Waals surface area contributed by atoms with E-state index in [1.54, 1.807) is 0 Å². The Balaban J connectivity index is 3.94. The van der Waals surface area contributed by atoms with Crippen molar-refractivity contribution in [2.75, 3.05) is 46.6 Å². The Bertz CT molecular complexity index is 180. The minimum absolute atomic E-state index is 0.116. The van der Waals surface area contributed by atoms with Gasteiger partial charge in [0.2, 0.25) is 0 Å². The molecule has 0 atom stereocenters. The van der Waals surface area contributed by atoms with Crippen molar-refractivity contribution in [3.63, 3.8) is 0 Å². The lowest BCUT2D eigenvalue weighted by molar-refractivity contribution is -0.155. The van der Waals surface area contributed by atoms with Crippen LogP contribution in [0.2, 0.25) is 0 Å². The van der Waals surface area contributed by atoms with Crippen LogP contribution in [0.1, 0.15) is 34.1 Å². The van der Waals surface area contributed by atoms with Crippen LogP contribution in [-0.4, -0.2) is 64.0 Å². The van der Waals surface area contributed by atoms with Gasteiger partial charge in [0.25, 0.3) is 0 Å². The fraction of sp³-hybridized carbons (Fsp3) is 1.00. The van der Waals surface area contributed by atoms with Gasteiger partial charge in [0.05, 0.1) is 0 Å². The molecule has 0 saturated carbocycles. The number of hydrogen-bond donors (Lipinski definition) is 0. The van der Waals surface area contributed by atoms with Crippen LogP contribution in [0.3, 0.4) is 0 Å². The number of rotatable bonds is 13. The lowest BCUT2D eigenvalue weighted by Crippen LogP contribution is -2.35. The molecule has 0 heterocycles. The molecule has 0 bridgehead atoms. The van der Waals surface area contributed by atoms with Crippen molar-refractivity contribution >= 4 is 0 Å². The van der Waals surface area contributed by atoms with E-state index in [9.17, 15) is 0 Å². The molecule has 0 aliphatic heterocycles. The van der Waals surface area contributed by atoms with Gasteiger partial charge in [-0.3, -0.25) is 0 Å². The van der Waals surface area contributed by atoms with E-state index in [-0.39, 0.29) is 12.6 Å². The predicted molar refractivity (Wildman–Crippen MR) is 76.2 cm³/mol. The highest BCUT2D eigenvalue weighted by Gasteiger charge is 2.14. The smallest absolute Gasteiger partial charge is 0.170 e. The van der Waals surface area contributed by atoms with Crippen LogP contribution in [0.5, 0.6) is 0 Å². The van der Waals surface area contributed by atoms with E-state index in [2.05, 4.69) is 11.9 Å². The molecule has 0 N–H and O–H groups in total. The summed E-state index contributed by atoms with van der Waals surface area (Å²) in [6.07, 6.45) is 0.580. The summed E-state index contributed by atoms with van der Waals surface area (Å²) in [5, 5.41) is 0. The molecule has 0 fully saturated rings. The first-order valence-corrected chi connectivity index (χ1v) is 7.32. The minimum atomic E-state index is -0.155. The van der Waals surface area contributed by atoms with Gasteiger partial charge in [-0.15, -0.1) is 0 Å². The van der Waals surface area contributed by atoms with E-state index >= 15 is 0 Å². The lowest BCUT2D eigenvalue weighted by Gasteiger charge is -2.25. The van der Waals surface area contributed by atoms with Gasteiger partial charge in [0.15, 0.2) is 12.6 Å². The summed E-state index contributed by atoms with van der Waals surface area (Å²) < 4.78 is 22.1. The molecule has 0 aliphatic carbocycles. The minimum Gasteiger partial charge on any atom is -0.353 e. The first-order valence-electron chi connectivity index (χ1n) is 7.32. The highest BCUT2D eigenvalue weighted by atomic mass is 16.7. The van der Waals surface area contributed by atoms with Crippen LogP contribution < -0.4 is 0 Å². The van der Waals surface area contributed by atoms with Crippen LogP contribution in [-0.2, 0) is 18.9 Å². The van der Waals surface area contributed by atoms with E-state index in [4.69, 9.17) is 18.9 Å². The molecule has 116 valence electrons. The quantitative estimate of drug-likeness (QED) is 0.482. The Morgan fingerprint density at radius 3 is 1.58 bits per heavy atom. The molecule has 0 radical (unpaired) electrons. The monoisotopic (exact) mass is 277 g/mol. The van der Waals surface area contributed by atoms with Crippen LogP contribution in [0.15, 0.2) is 0 Å². The third kappa shape index (κ3) is 10.3. The van der Waals surface area contributed by atoms with Crippen LogP contribution >= 0.6 is 0 Å². The second kappa shape index (κ2) is 12.8. The van der Waals surface area contributed by atoms with Gasteiger partial charge >= 0.3 is 0 Å². The zero-order valence-corrected chi connectivity index (χ0v) is 13.2. The van der Waals surface area contributed by atoms with Gasteiger partial charge in [-0.1, -0.05) is 0 Å². The van der Waals surface area contributed by atoms with Crippen molar-refractivity contribution in [3.05, 3.63) is 0 Å². The van der Waals surface area contributed by atoms with Gasteiger partial charge in [-0.25, -0.2) is 0 Å². The Hall–Kier alpha value is -0.200. The van der Waals surface area contributed by atoms with Crippen molar-refractivity contribution in [1.29, 1.82) is 0 Å². The van der Waals surface area contributed by atoms with E-state index in [0.717, 1.165) is 19.5 Å². The van der Waals surface area contributed by atoms with E-state index in [1.165, 1.54) is 0 Å². The van der Waals surface area contributed by atoms with Crippen molar-refractivity contribution in [2.24, 2.45) is 0 Å². The zero-order chi connectivity index (χ0) is 14.5. The van der Waals surface area contributed by atoms with E-state index < -0.39 is 0 Å². The molecule has 0 amide bonds. The average Bonchev–Trinajstić information content (AvgIpc) is 2.37. The van der Waals surface area contributed by atoms with Gasteiger partial charge in [0, 0.05) is 45.9 Å². The molecule has 0 aromatic carbocycles. The summed E-state index contributed by atoms with van der Waals surface area (Å²) in [6.45, 7) is 12.3. The van der Waals surface area contributed by atoms with Crippen LogP contribution in [0, 0.1) is 0 Å². The molecular formula is C14H31NO4. The van der Waals surface area contributed by atoms with Crippen molar-refractivity contribution in [1.82, 2.24) is 4.90 Å². The summed E-state index contributed by atoms with van der Waals surface area (Å²) in [6, 6.07) is 0.